The van der Waals surface area contributed by atoms with Gasteiger partial charge in [-0.15, -0.1) is 0 Å². The van der Waals surface area contributed by atoms with Crippen LogP contribution in [-0.4, -0.2) is 23.8 Å². The van der Waals surface area contributed by atoms with Gasteiger partial charge >= 0.3 is 5.97 Å². The molecule has 0 radical (unpaired) electrons. The van der Waals surface area contributed by atoms with Crippen molar-refractivity contribution < 1.29 is 19.4 Å². The van der Waals surface area contributed by atoms with E-state index in [2.05, 4.69) is 15.9 Å². The summed E-state index contributed by atoms with van der Waals surface area (Å²) in [5.41, 5.74) is 6.50. The van der Waals surface area contributed by atoms with E-state index < -0.39 is 12.1 Å². The van der Waals surface area contributed by atoms with Crippen molar-refractivity contribution in [1.82, 2.24) is 0 Å². The highest BCUT2D eigenvalue weighted by Gasteiger charge is 2.22. The van der Waals surface area contributed by atoms with Crippen LogP contribution in [0.1, 0.15) is 32.3 Å². The molecule has 1 atom stereocenters. The Kier molecular flexibility index (Phi) is 6.81. The average Bonchev–Trinajstić information content (AvgIpc) is 2.41. The lowest BCUT2D eigenvalue weighted by molar-refractivity contribution is -0.145. The fraction of sp³-hybridized carbons (Fsp3) is 0.500. The van der Waals surface area contributed by atoms with E-state index in [0.717, 1.165) is 12.0 Å². The quantitative estimate of drug-likeness (QED) is 0.756. The van der Waals surface area contributed by atoms with Crippen LogP contribution >= 0.6 is 15.9 Å². The highest BCUT2D eigenvalue weighted by molar-refractivity contribution is 9.10. The van der Waals surface area contributed by atoms with E-state index in [1.807, 2.05) is 19.9 Å². The monoisotopic (exact) mass is 345 g/mol. The molecule has 0 heterocycles. The van der Waals surface area contributed by atoms with Crippen LogP contribution in [0.3, 0.4) is 0 Å². The lowest BCUT2D eigenvalue weighted by Gasteiger charge is -2.19. The van der Waals surface area contributed by atoms with Gasteiger partial charge in [-0.05, 0) is 47.0 Å². The van der Waals surface area contributed by atoms with Gasteiger partial charge in [0.15, 0.2) is 17.6 Å². The van der Waals surface area contributed by atoms with E-state index in [9.17, 15) is 9.90 Å². The minimum atomic E-state index is -0.982. The van der Waals surface area contributed by atoms with Crippen molar-refractivity contribution in [3.05, 3.63) is 22.2 Å². The lowest BCUT2D eigenvalue weighted by Crippen LogP contribution is -2.27. The van der Waals surface area contributed by atoms with Gasteiger partial charge in [0.1, 0.15) is 0 Å². The summed E-state index contributed by atoms with van der Waals surface area (Å²) in [7, 11) is 0. The van der Waals surface area contributed by atoms with Gasteiger partial charge in [0, 0.05) is 6.54 Å². The molecule has 1 aromatic rings. The molecule has 0 saturated heterocycles. The highest BCUT2D eigenvalue weighted by atomic mass is 79.9. The van der Waals surface area contributed by atoms with E-state index in [1.54, 1.807) is 6.07 Å². The largest absolute Gasteiger partial charge is 0.490 e. The lowest BCUT2D eigenvalue weighted by atomic mass is 10.2. The Labute approximate surface area is 127 Å². The Hall–Kier alpha value is -1.27. The van der Waals surface area contributed by atoms with Crippen LogP contribution in [0, 0.1) is 0 Å². The molecule has 0 aliphatic carbocycles. The summed E-state index contributed by atoms with van der Waals surface area (Å²) in [6, 6.07) is 3.58. The van der Waals surface area contributed by atoms with Crippen LogP contribution in [0.15, 0.2) is 16.6 Å². The molecule has 6 heteroatoms. The van der Waals surface area contributed by atoms with Gasteiger partial charge in [0.25, 0.3) is 0 Å². The molecular weight excluding hydrogens is 326 g/mol. The number of hydrogen-bond acceptors (Lipinski definition) is 4. The molecule has 3 N–H and O–H groups in total. The fourth-order valence-corrected chi connectivity index (χ4v) is 2.34. The molecule has 0 bridgehead atoms. The summed E-state index contributed by atoms with van der Waals surface area (Å²) in [6.07, 6.45) is 0.269. The maximum Gasteiger partial charge on any atom is 0.344 e. The van der Waals surface area contributed by atoms with Gasteiger partial charge in [-0.25, -0.2) is 4.79 Å². The number of ether oxygens (including phenoxy) is 2. The topological polar surface area (TPSA) is 81.8 Å². The van der Waals surface area contributed by atoms with Gasteiger partial charge in [-0.2, -0.15) is 0 Å². The van der Waals surface area contributed by atoms with Crippen LogP contribution in [-0.2, 0) is 11.3 Å². The molecule has 0 fully saturated rings. The molecule has 5 nitrogen and oxygen atoms in total. The molecule has 0 amide bonds. The summed E-state index contributed by atoms with van der Waals surface area (Å²) in [5.74, 6) is -0.0707. The molecule has 0 saturated carbocycles. The maximum atomic E-state index is 11.2. The van der Waals surface area contributed by atoms with Crippen molar-refractivity contribution in [2.45, 2.75) is 39.3 Å². The zero-order valence-corrected chi connectivity index (χ0v) is 13.3. The zero-order valence-electron chi connectivity index (χ0n) is 11.7. The van der Waals surface area contributed by atoms with Crippen LogP contribution < -0.4 is 15.2 Å². The van der Waals surface area contributed by atoms with Crippen molar-refractivity contribution in [3.63, 3.8) is 0 Å². The third kappa shape index (κ3) is 4.38. The Bertz CT molecular complexity index is 465. The summed E-state index contributed by atoms with van der Waals surface area (Å²) >= 11 is 3.38. The van der Waals surface area contributed by atoms with Crippen LogP contribution in [0.25, 0.3) is 0 Å². The minimum absolute atomic E-state index is 0.371. The second-order valence-electron chi connectivity index (χ2n) is 4.28. The third-order valence-electron chi connectivity index (χ3n) is 2.69. The van der Waals surface area contributed by atoms with Crippen LogP contribution in [0.4, 0.5) is 0 Å². The Balaban J connectivity index is 3.10. The minimum Gasteiger partial charge on any atom is -0.490 e. The van der Waals surface area contributed by atoms with Crippen molar-refractivity contribution in [2.24, 2.45) is 5.73 Å². The first kappa shape index (κ1) is 16.8. The molecule has 0 spiro atoms. The molecule has 1 unspecified atom stereocenters. The molecule has 0 aliphatic rings. The Morgan fingerprint density at radius 2 is 2.15 bits per heavy atom. The Morgan fingerprint density at radius 3 is 2.65 bits per heavy atom. The Morgan fingerprint density at radius 1 is 1.45 bits per heavy atom. The van der Waals surface area contributed by atoms with Crippen molar-refractivity contribution in [3.8, 4) is 11.5 Å². The first-order chi connectivity index (χ1) is 9.53. The predicted molar refractivity (Wildman–Crippen MR) is 80.2 cm³/mol. The first-order valence-corrected chi connectivity index (χ1v) is 7.37. The van der Waals surface area contributed by atoms with Crippen LogP contribution in [0.2, 0.25) is 0 Å². The van der Waals surface area contributed by atoms with Crippen molar-refractivity contribution in [1.29, 1.82) is 0 Å². The van der Waals surface area contributed by atoms with Crippen molar-refractivity contribution in [2.75, 3.05) is 6.61 Å². The number of hydrogen-bond donors (Lipinski definition) is 2. The third-order valence-corrected chi connectivity index (χ3v) is 3.28. The van der Waals surface area contributed by atoms with E-state index in [1.165, 1.54) is 0 Å². The summed E-state index contributed by atoms with van der Waals surface area (Å²) in [5, 5.41) is 9.18. The SMILES string of the molecule is CCCC(Oc1c(Br)cc(CN)cc1OCC)C(=O)O. The number of nitrogens with two attached hydrogens (primary N) is 1. The summed E-state index contributed by atoms with van der Waals surface area (Å²) in [6.45, 7) is 4.60. The second kappa shape index (κ2) is 8.11. The summed E-state index contributed by atoms with van der Waals surface area (Å²) < 4.78 is 11.8. The van der Waals surface area contributed by atoms with Crippen LogP contribution in [0.5, 0.6) is 11.5 Å². The first-order valence-electron chi connectivity index (χ1n) is 6.58. The van der Waals surface area contributed by atoms with Gasteiger partial charge in [-0.1, -0.05) is 13.3 Å². The molecule has 1 rings (SSSR count). The normalized spacial score (nSPS) is 12.0. The number of carboxylic acid groups (broad SMARTS) is 1. The number of carbonyl (C=O) groups is 1. The number of rotatable bonds is 8. The average molecular weight is 346 g/mol. The van der Waals surface area contributed by atoms with Gasteiger partial charge in [-0.3, -0.25) is 0 Å². The molecule has 0 aliphatic heterocycles. The van der Waals surface area contributed by atoms with Gasteiger partial charge < -0.3 is 20.3 Å². The van der Waals surface area contributed by atoms with E-state index in [4.69, 9.17) is 15.2 Å². The smallest absolute Gasteiger partial charge is 0.344 e. The molecular formula is C14H20BrNO4. The van der Waals surface area contributed by atoms with Gasteiger partial charge in [0.05, 0.1) is 11.1 Å². The fourth-order valence-electron chi connectivity index (χ4n) is 1.75. The number of carboxylic acids is 1. The zero-order chi connectivity index (χ0) is 15.1. The second-order valence-corrected chi connectivity index (χ2v) is 5.13. The molecule has 112 valence electrons. The van der Waals surface area contributed by atoms with E-state index >= 15 is 0 Å². The molecule has 1 aromatic carbocycles. The maximum absolute atomic E-state index is 11.2. The number of benzene rings is 1. The number of halogens is 1. The predicted octanol–water partition coefficient (Wildman–Crippen LogP) is 2.94. The van der Waals surface area contributed by atoms with Crippen molar-refractivity contribution >= 4 is 21.9 Å². The van der Waals surface area contributed by atoms with E-state index in [-0.39, 0.29) is 0 Å². The molecule has 0 aromatic heterocycles. The number of aliphatic carboxylic acids is 1. The van der Waals surface area contributed by atoms with Gasteiger partial charge in [0.2, 0.25) is 0 Å². The summed E-state index contributed by atoms with van der Waals surface area (Å²) in [4.78, 5) is 11.2. The molecule has 20 heavy (non-hydrogen) atoms. The van der Waals surface area contributed by atoms with E-state index in [0.29, 0.717) is 35.5 Å². The highest BCUT2D eigenvalue weighted by Crippen LogP contribution is 2.38. The standard InChI is InChI=1S/C14H20BrNO4/c1-3-5-11(14(17)18)20-13-10(15)6-9(8-16)7-12(13)19-4-2/h6-7,11H,3-5,8,16H2,1-2H3,(H,17,18).